The Morgan fingerprint density at radius 1 is 1.09 bits per heavy atom. The molecule has 22 heavy (non-hydrogen) atoms. The van der Waals surface area contributed by atoms with Gasteiger partial charge in [0.25, 0.3) is 0 Å². The summed E-state index contributed by atoms with van der Waals surface area (Å²) >= 11 is 0. The highest BCUT2D eigenvalue weighted by Crippen LogP contribution is 2.33. The molecule has 1 heterocycles. The second-order valence-corrected chi connectivity index (χ2v) is 5.94. The van der Waals surface area contributed by atoms with Gasteiger partial charge >= 0.3 is 5.97 Å². The third-order valence-electron chi connectivity index (χ3n) is 3.98. The Bertz CT molecular complexity index is 667. The summed E-state index contributed by atoms with van der Waals surface area (Å²) in [5.74, 6) is 0.431. The third-order valence-corrected chi connectivity index (χ3v) is 3.98. The molecule has 1 atom stereocenters. The van der Waals surface area contributed by atoms with Crippen molar-refractivity contribution in [1.29, 1.82) is 0 Å². The summed E-state index contributed by atoms with van der Waals surface area (Å²) in [5, 5.41) is 9.40. The summed E-state index contributed by atoms with van der Waals surface area (Å²) in [6.45, 7) is 4.67. The highest BCUT2D eigenvalue weighted by molar-refractivity contribution is 5.79. The number of phenolic OH excluding ortho intramolecular Hbond substituents is 1. The minimum atomic E-state index is -0.395. The van der Waals surface area contributed by atoms with Gasteiger partial charge in [-0.1, -0.05) is 38.1 Å². The molecular weight excluding hydrogens is 280 g/mol. The number of carbonyl (C=O) groups is 1. The molecule has 1 saturated heterocycles. The van der Waals surface area contributed by atoms with Crippen LogP contribution in [0.3, 0.4) is 0 Å². The van der Waals surface area contributed by atoms with Crippen LogP contribution in [-0.2, 0) is 14.9 Å². The van der Waals surface area contributed by atoms with E-state index in [1.807, 2.05) is 24.3 Å². The predicted molar refractivity (Wildman–Crippen MR) is 82.1 cm³/mol. The molecule has 0 spiro atoms. The molecule has 0 saturated carbocycles. The van der Waals surface area contributed by atoms with Crippen molar-refractivity contribution in [3.63, 3.8) is 0 Å². The van der Waals surface area contributed by atoms with Crippen LogP contribution < -0.4 is 4.74 Å². The average Bonchev–Trinajstić information content (AvgIpc) is 3.33. The summed E-state index contributed by atoms with van der Waals surface area (Å²) in [6.07, 6.45) is -0.395. The van der Waals surface area contributed by atoms with Gasteiger partial charge in [-0.2, -0.15) is 0 Å². The molecule has 0 aromatic heterocycles. The fourth-order valence-electron chi connectivity index (χ4n) is 2.35. The van der Waals surface area contributed by atoms with Gasteiger partial charge in [0, 0.05) is 5.41 Å². The molecular formula is C18H18O4. The number of esters is 1. The van der Waals surface area contributed by atoms with E-state index < -0.39 is 6.10 Å². The molecule has 1 aliphatic heterocycles. The van der Waals surface area contributed by atoms with E-state index in [1.165, 1.54) is 0 Å². The number of carbonyl (C=O) groups excluding carboxylic acids is 1. The average molecular weight is 298 g/mol. The molecule has 0 bridgehead atoms. The predicted octanol–water partition coefficient (Wildman–Crippen LogP) is 3.02. The van der Waals surface area contributed by atoms with Crippen molar-refractivity contribution >= 4 is 5.97 Å². The van der Waals surface area contributed by atoms with Gasteiger partial charge in [-0.3, -0.25) is 0 Å². The zero-order valence-electron chi connectivity index (χ0n) is 12.6. The number of rotatable bonds is 4. The van der Waals surface area contributed by atoms with Crippen LogP contribution in [0.5, 0.6) is 11.5 Å². The highest BCUT2D eigenvalue weighted by atomic mass is 16.6. The van der Waals surface area contributed by atoms with Crippen molar-refractivity contribution in [2.45, 2.75) is 25.4 Å². The monoisotopic (exact) mass is 298 g/mol. The Morgan fingerprint density at radius 3 is 2.09 bits per heavy atom. The number of hydrogen-bond donors (Lipinski definition) is 1. The van der Waals surface area contributed by atoms with Gasteiger partial charge in [-0.05, 0) is 35.4 Å². The first-order valence-electron chi connectivity index (χ1n) is 7.20. The van der Waals surface area contributed by atoms with E-state index in [0.717, 1.165) is 11.1 Å². The van der Waals surface area contributed by atoms with Crippen LogP contribution in [0.25, 0.3) is 0 Å². The second-order valence-electron chi connectivity index (χ2n) is 5.94. The minimum absolute atomic E-state index is 0.212. The lowest BCUT2D eigenvalue weighted by Crippen LogP contribution is -2.19. The van der Waals surface area contributed by atoms with Crippen LogP contribution in [0.2, 0.25) is 0 Å². The maximum absolute atomic E-state index is 11.5. The van der Waals surface area contributed by atoms with E-state index in [2.05, 4.69) is 13.8 Å². The third kappa shape index (κ3) is 2.97. The molecule has 0 aliphatic carbocycles. The quantitative estimate of drug-likeness (QED) is 0.535. The molecule has 0 radical (unpaired) electrons. The van der Waals surface area contributed by atoms with Crippen molar-refractivity contribution in [2.24, 2.45) is 0 Å². The Hall–Kier alpha value is -2.33. The maximum Gasteiger partial charge on any atom is 0.343 e. The van der Waals surface area contributed by atoms with E-state index in [-0.39, 0.29) is 17.1 Å². The minimum Gasteiger partial charge on any atom is -0.508 e. The van der Waals surface area contributed by atoms with E-state index in [4.69, 9.17) is 9.47 Å². The summed E-state index contributed by atoms with van der Waals surface area (Å²) in [4.78, 5) is 11.5. The lowest BCUT2D eigenvalue weighted by Gasteiger charge is -2.26. The van der Waals surface area contributed by atoms with Gasteiger partial charge in [-0.25, -0.2) is 4.79 Å². The number of phenols is 1. The lowest BCUT2D eigenvalue weighted by molar-refractivity contribution is -0.135. The van der Waals surface area contributed by atoms with Gasteiger partial charge in [0.2, 0.25) is 0 Å². The number of epoxide rings is 1. The molecule has 4 nitrogen and oxygen atoms in total. The van der Waals surface area contributed by atoms with Crippen molar-refractivity contribution in [2.75, 3.05) is 6.61 Å². The SMILES string of the molecule is CC(C)(c1ccc(O)cc1)c1ccc(OC(=O)C2CO2)cc1. The maximum atomic E-state index is 11.5. The summed E-state index contributed by atoms with van der Waals surface area (Å²) in [7, 11) is 0. The first kappa shape index (κ1) is 14.6. The molecule has 114 valence electrons. The fourth-order valence-corrected chi connectivity index (χ4v) is 2.35. The molecule has 1 fully saturated rings. The molecule has 1 N–H and O–H groups in total. The van der Waals surface area contributed by atoms with Gasteiger partial charge in [-0.15, -0.1) is 0 Å². The van der Waals surface area contributed by atoms with E-state index in [1.54, 1.807) is 24.3 Å². The number of aromatic hydroxyl groups is 1. The zero-order chi connectivity index (χ0) is 15.7. The Labute approximate surface area is 129 Å². The lowest BCUT2D eigenvalue weighted by atomic mass is 9.78. The van der Waals surface area contributed by atoms with Crippen LogP contribution >= 0.6 is 0 Å². The van der Waals surface area contributed by atoms with E-state index in [0.29, 0.717) is 12.4 Å². The smallest absolute Gasteiger partial charge is 0.343 e. The summed E-state index contributed by atoms with van der Waals surface area (Å²) in [5.41, 5.74) is 1.98. The molecule has 2 aromatic carbocycles. The zero-order valence-corrected chi connectivity index (χ0v) is 12.6. The number of ether oxygens (including phenoxy) is 2. The number of benzene rings is 2. The Kier molecular flexibility index (Phi) is 3.62. The van der Waals surface area contributed by atoms with Crippen LogP contribution in [0.1, 0.15) is 25.0 Å². The first-order chi connectivity index (χ1) is 10.5. The van der Waals surface area contributed by atoms with Crippen molar-refractivity contribution in [3.8, 4) is 11.5 Å². The second kappa shape index (κ2) is 5.46. The van der Waals surface area contributed by atoms with Crippen molar-refractivity contribution in [1.82, 2.24) is 0 Å². The molecule has 4 heteroatoms. The van der Waals surface area contributed by atoms with Gasteiger partial charge < -0.3 is 14.6 Å². The molecule has 0 amide bonds. The molecule has 3 rings (SSSR count). The van der Waals surface area contributed by atoms with Gasteiger partial charge in [0.1, 0.15) is 11.5 Å². The van der Waals surface area contributed by atoms with Crippen molar-refractivity contribution < 1.29 is 19.4 Å². The van der Waals surface area contributed by atoms with Crippen LogP contribution in [-0.4, -0.2) is 23.8 Å². The van der Waals surface area contributed by atoms with Gasteiger partial charge in [0.05, 0.1) is 6.61 Å². The highest BCUT2D eigenvalue weighted by Gasteiger charge is 2.33. The van der Waals surface area contributed by atoms with E-state index >= 15 is 0 Å². The summed E-state index contributed by atoms with van der Waals surface area (Å²) in [6, 6.07) is 14.7. The number of hydrogen-bond acceptors (Lipinski definition) is 4. The van der Waals surface area contributed by atoms with Gasteiger partial charge in [0.15, 0.2) is 6.10 Å². The Morgan fingerprint density at radius 2 is 1.59 bits per heavy atom. The topological polar surface area (TPSA) is 59.1 Å². The normalized spacial score (nSPS) is 17.1. The standard InChI is InChI=1S/C18H18O4/c1-18(2,12-3-7-14(19)8-4-12)13-5-9-15(10-6-13)22-17(20)16-11-21-16/h3-10,16,19H,11H2,1-2H3. The van der Waals surface area contributed by atoms with Crippen LogP contribution in [0.4, 0.5) is 0 Å². The molecule has 1 aliphatic rings. The van der Waals surface area contributed by atoms with Crippen molar-refractivity contribution in [3.05, 3.63) is 59.7 Å². The first-order valence-corrected chi connectivity index (χ1v) is 7.20. The fraction of sp³-hybridized carbons (Fsp3) is 0.278. The van der Waals surface area contributed by atoms with E-state index in [9.17, 15) is 9.90 Å². The molecule has 1 unspecified atom stereocenters. The Balaban J connectivity index is 1.78. The molecule has 2 aromatic rings. The van der Waals surface area contributed by atoms with Crippen LogP contribution in [0, 0.1) is 0 Å². The summed E-state index contributed by atoms with van der Waals surface area (Å²) < 4.78 is 10.1. The largest absolute Gasteiger partial charge is 0.508 e. The van der Waals surface area contributed by atoms with Crippen LogP contribution in [0.15, 0.2) is 48.5 Å².